The molecule has 0 bridgehead atoms. The number of aliphatic carboxylic acids is 1. The number of piperidine rings is 1. The van der Waals surface area contributed by atoms with Gasteiger partial charge in [0.25, 0.3) is 0 Å². The fourth-order valence-electron chi connectivity index (χ4n) is 3.49. The van der Waals surface area contributed by atoms with Crippen LogP contribution in [0.2, 0.25) is 0 Å². The van der Waals surface area contributed by atoms with Gasteiger partial charge in [-0.15, -0.1) is 0 Å². The molecule has 0 spiro atoms. The van der Waals surface area contributed by atoms with E-state index in [9.17, 15) is 9.90 Å². The largest absolute Gasteiger partial charge is 0.481 e. The molecule has 0 radical (unpaired) electrons. The van der Waals surface area contributed by atoms with E-state index in [1.54, 1.807) is 0 Å². The summed E-state index contributed by atoms with van der Waals surface area (Å²) in [6.07, 6.45) is 8.85. The van der Waals surface area contributed by atoms with Crippen LogP contribution in [0.4, 0.5) is 0 Å². The van der Waals surface area contributed by atoms with E-state index in [2.05, 4.69) is 11.8 Å². The SMILES string of the molecule is CC1CCN(CC2(C(=O)O)CCCCCC2)CC1. The van der Waals surface area contributed by atoms with Gasteiger partial charge in [-0.3, -0.25) is 4.79 Å². The van der Waals surface area contributed by atoms with Gasteiger partial charge < -0.3 is 10.0 Å². The Morgan fingerprint density at radius 2 is 1.72 bits per heavy atom. The van der Waals surface area contributed by atoms with E-state index >= 15 is 0 Å². The van der Waals surface area contributed by atoms with Gasteiger partial charge in [0.2, 0.25) is 0 Å². The Balaban J connectivity index is 1.98. The lowest BCUT2D eigenvalue weighted by atomic mass is 9.79. The van der Waals surface area contributed by atoms with Crippen LogP contribution >= 0.6 is 0 Å². The molecule has 2 rings (SSSR count). The van der Waals surface area contributed by atoms with Crippen molar-refractivity contribution in [3.05, 3.63) is 0 Å². The van der Waals surface area contributed by atoms with Gasteiger partial charge in [-0.1, -0.05) is 32.6 Å². The van der Waals surface area contributed by atoms with Crippen LogP contribution in [0.3, 0.4) is 0 Å². The summed E-state index contributed by atoms with van der Waals surface area (Å²) in [5, 5.41) is 9.67. The van der Waals surface area contributed by atoms with Crippen molar-refractivity contribution in [2.45, 2.75) is 58.3 Å². The summed E-state index contributed by atoms with van der Waals surface area (Å²) in [6, 6.07) is 0. The van der Waals surface area contributed by atoms with Crippen molar-refractivity contribution in [2.24, 2.45) is 11.3 Å². The molecule has 3 heteroatoms. The molecular formula is C15H27NO2. The molecule has 1 aliphatic carbocycles. The zero-order valence-electron chi connectivity index (χ0n) is 11.7. The first-order chi connectivity index (χ1) is 8.62. The minimum atomic E-state index is -0.553. The van der Waals surface area contributed by atoms with E-state index in [0.717, 1.165) is 51.2 Å². The van der Waals surface area contributed by atoms with Crippen LogP contribution in [-0.2, 0) is 4.79 Å². The monoisotopic (exact) mass is 253 g/mol. The van der Waals surface area contributed by atoms with E-state index in [-0.39, 0.29) is 0 Å². The van der Waals surface area contributed by atoms with Gasteiger partial charge in [0.15, 0.2) is 0 Å². The zero-order chi connectivity index (χ0) is 13.0. The molecule has 1 aliphatic heterocycles. The van der Waals surface area contributed by atoms with Gasteiger partial charge in [0.1, 0.15) is 0 Å². The molecule has 18 heavy (non-hydrogen) atoms. The van der Waals surface area contributed by atoms with Crippen LogP contribution < -0.4 is 0 Å². The lowest BCUT2D eigenvalue weighted by Crippen LogP contribution is -2.45. The quantitative estimate of drug-likeness (QED) is 0.786. The van der Waals surface area contributed by atoms with Crippen molar-refractivity contribution in [3.63, 3.8) is 0 Å². The molecule has 0 aromatic heterocycles. The molecule has 1 saturated carbocycles. The Morgan fingerprint density at radius 1 is 1.17 bits per heavy atom. The maximum Gasteiger partial charge on any atom is 0.310 e. The minimum Gasteiger partial charge on any atom is -0.481 e. The standard InChI is InChI=1S/C15H27NO2/c1-13-6-10-16(11-7-13)12-15(14(17)18)8-4-2-3-5-9-15/h13H,2-12H2,1H3,(H,17,18). The Bertz CT molecular complexity index is 274. The van der Waals surface area contributed by atoms with Crippen LogP contribution in [-0.4, -0.2) is 35.6 Å². The molecule has 0 unspecified atom stereocenters. The second-order valence-corrected chi connectivity index (χ2v) is 6.46. The first-order valence-electron chi connectivity index (χ1n) is 7.58. The van der Waals surface area contributed by atoms with Crippen molar-refractivity contribution >= 4 is 5.97 Å². The molecule has 0 aromatic rings. The van der Waals surface area contributed by atoms with Crippen LogP contribution in [0, 0.1) is 11.3 Å². The van der Waals surface area contributed by atoms with Crippen LogP contribution in [0.5, 0.6) is 0 Å². The molecule has 0 atom stereocenters. The van der Waals surface area contributed by atoms with Crippen molar-refractivity contribution in [1.29, 1.82) is 0 Å². The number of carboxylic acid groups (broad SMARTS) is 1. The number of carboxylic acids is 1. The topological polar surface area (TPSA) is 40.5 Å². The second-order valence-electron chi connectivity index (χ2n) is 6.46. The van der Waals surface area contributed by atoms with E-state index in [1.807, 2.05) is 0 Å². The minimum absolute atomic E-state index is 0.447. The van der Waals surface area contributed by atoms with Crippen molar-refractivity contribution < 1.29 is 9.90 Å². The Hall–Kier alpha value is -0.570. The van der Waals surface area contributed by atoms with Crippen molar-refractivity contribution in [3.8, 4) is 0 Å². The smallest absolute Gasteiger partial charge is 0.310 e. The molecule has 104 valence electrons. The third-order valence-corrected chi connectivity index (χ3v) is 4.92. The molecule has 2 aliphatic rings. The molecule has 0 amide bonds. The summed E-state index contributed by atoms with van der Waals surface area (Å²) in [4.78, 5) is 14.1. The fraction of sp³-hybridized carbons (Fsp3) is 0.933. The van der Waals surface area contributed by atoms with Crippen LogP contribution in [0.15, 0.2) is 0 Å². The van der Waals surface area contributed by atoms with E-state index in [4.69, 9.17) is 0 Å². The van der Waals surface area contributed by atoms with E-state index < -0.39 is 11.4 Å². The summed E-state index contributed by atoms with van der Waals surface area (Å²) in [5.41, 5.74) is -0.447. The normalized spacial score (nSPS) is 26.7. The van der Waals surface area contributed by atoms with Crippen LogP contribution in [0.25, 0.3) is 0 Å². The van der Waals surface area contributed by atoms with Gasteiger partial charge in [0.05, 0.1) is 5.41 Å². The fourth-order valence-corrected chi connectivity index (χ4v) is 3.49. The summed E-state index contributed by atoms with van der Waals surface area (Å²) in [5.74, 6) is 0.263. The highest BCUT2D eigenvalue weighted by molar-refractivity contribution is 5.75. The Kier molecular flexibility index (Phi) is 4.66. The molecule has 1 N–H and O–H groups in total. The number of hydrogen-bond acceptors (Lipinski definition) is 2. The molecule has 2 fully saturated rings. The lowest BCUT2D eigenvalue weighted by Gasteiger charge is -2.37. The predicted octanol–water partition coefficient (Wildman–Crippen LogP) is 3.14. The molecule has 3 nitrogen and oxygen atoms in total. The Morgan fingerprint density at radius 3 is 2.22 bits per heavy atom. The van der Waals surface area contributed by atoms with E-state index in [0.29, 0.717) is 0 Å². The number of hydrogen-bond donors (Lipinski definition) is 1. The van der Waals surface area contributed by atoms with Gasteiger partial charge in [-0.25, -0.2) is 0 Å². The molecule has 0 aromatic carbocycles. The highest BCUT2D eigenvalue weighted by Gasteiger charge is 2.40. The average Bonchev–Trinajstić information content (AvgIpc) is 2.59. The summed E-state index contributed by atoms with van der Waals surface area (Å²) in [6.45, 7) is 5.28. The first-order valence-corrected chi connectivity index (χ1v) is 7.58. The van der Waals surface area contributed by atoms with Gasteiger partial charge >= 0.3 is 5.97 Å². The third kappa shape index (κ3) is 3.25. The highest BCUT2D eigenvalue weighted by Crippen LogP contribution is 2.37. The number of carbonyl (C=O) groups is 1. The second kappa shape index (κ2) is 6.05. The summed E-state index contributed by atoms with van der Waals surface area (Å²) in [7, 11) is 0. The van der Waals surface area contributed by atoms with Crippen molar-refractivity contribution in [1.82, 2.24) is 4.90 Å². The summed E-state index contributed by atoms with van der Waals surface area (Å²) >= 11 is 0. The first kappa shape index (κ1) is 13.9. The maximum absolute atomic E-state index is 11.7. The van der Waals surface area contributed by atoms with Crippen molar-refractivity contribution in [2.75, 3.05) is 19.6 Å². The third-order valence-electron chi connectivity index (χ3n) is 4.92. The van der Waals surface area contributed by atoms with E-state index in [1.165, 1.54) is 25.7 Å². The van der Waals surface area contributed by atoms with Gasteiger partial charge in [-0.05, 0) is 44.7 Å². The molecule has 1 heterocycles. The average molecular weight is 253 g/mol. The molecule has 1 saturated heterocycles. The predicted molar refractivity (Wildman–Crippen MR) is 72.6 cm³/mol. The van der Waals surface area contributed by atoms with Gasteiger partial charge in [-0.2, -0.15) is 0 Å². The summed E-state index contributed by atoms with van der Waals surface area (Å²) < 4.78 is 0. The maximum atomic E-state index is 11.7. The zero-order valence-corrected chi connectivity index (χ0v) is 11.7. The van der Waals surface area contributed by atoms with Gasteiger partial charge in [0, 0.05) is 6.54 Å². The Labute approximate surface area is 111 Å². The van der Waals surface area contributed by atoms with Crippen LogP contribution in [0.1, 0.15) is 58.3 Å². The number of likely N-dealkylation sites (tertiary alicyclic amines) is 1. The number of rotatable bonds is 3. The highest BCUT2D eigenvalue weighted by atomic mass is 16.4. The number of nitrogens with zero attached hydrogens (tertiary/aromatic N) is 1. The lowest BCUT2D eigenvalue weighted by molar-refractivity contribution is -0.151. The molecular weight excluding hydrogens is 226 g/mol.